The molecule has 0 heterocycles. The van der Waals surface area contributed by atoms with Crippen LogP contribution in [0.15, 0.2) is 0 Å². The highest BCUT2D eigenvalue weighted by Gasteiger charge is 2.38. The molecule has 0 radical (unpaired) electrons. The molecule has 2 N–H and O–H groups in total. The summed E-state index contributed by atoms with van der Waals surface area (Å²) in [5, 5.41) is 0. The lowest BCUT2D eigenvalue weighted by Gasteiger charge is -2.40. The summed E-state index contributed by atoms with van der Waals surface area (Å²) >= 11 is 0. The average Bonchev–Trinajstić information content (AvgIpc) is 2.23. The first-order chi connectivity index (χ1) is 7.93. The first-order valence-electron chi connectivity index (χ1n) is 6.34. The number of hydrogen-bond acceptors (Lipinski definition) is 4. The van der Waals surface area contributed by atoms with Crippen LogP contribution in [-0.4, -0.2) is 31.8 Å². The van der Waals surface area contributed by atoms with Crippen LogP contribution in [0.25, 0.3) is 0 Å². The minimum atomic E-state index is -0.234. The van der Waals surface area contributed by atoms with E-state index in [1.807, 2.05) is 13.8 Å². The van der Waals surface area contributed by atoms with E-state index in [-0.39, 0.29) is 17.0 Å². The van der Waals surface area contributed by atoms with Gasteiger partial charge in [-0.05, 0) is 38.6 Å². The van der Waals surface area contributed by atoms with E-state index < -0.39 is 0 Å². The largest absolute Gasteiger partial charge is 0.466 e. The lowest BCUT2D eigenvalue weighted by molar-refractivity contribution is -0.149. The fourth-order valence-corrected chi connectivity index (χ4v) is 2.00. The fraction of sp³-hybridized carbons (Fsp3) is 0.923. The van der Waals surface area contributed by atoms with E-state index in [0.29, 0.717) is 26.0 Å². The maximum absolute atomic E-state index is 11.7. The zero-order valence-electron chi connectivity index (χ0n) is 11.3. The second-order valence-electron chi connectivity index (χ2n) is 5.67. The molecule has 0 aliphatic heterocycles. The summed E-state index contributed by atoms with van der Waals surface area (Å²) in [7, 11) is 1.67. The van der Waals surface area contributed by atoms with Crippen molar-refractivity contribution in [1.29, 1.82) is 0 Å². The average molecular weight is 243 g/mol. The molecule has 1 rings (SSSR count). The van der Waals surface area contributed by atoms with E-state index in [9.17, 15) is 4.79 Å². The van der Waals surface area contributed by atoms with E-state index in [2.05, 4.69) is 0 Å². The molecule has 0 aromatic carbocycles. The molecule has 1 fully saturated rings. The monoisotopic (exact) mass is 243 g/mol. The van der Waals surface area contributed by atoms with Crippen molar-refractivity contribution >= 4 is 5.97 Å². The van der Waals surface area contributed by atoms with Gasteiger partial charge in [0.15, 0.2) is 0 Å². The van der Waals surface area contributed by atoms with Crippen LogP contribution in [0, 0.1) is 5.41 Å². The smallest absolute Gasteiger partial charge is 0.306 e. The van der Waals surface area contributed by atoms with E-state index in [4.69, 9.17) is 15.2 Å². The highest BCUT2D eigenvalue weighted by atomic mass is 16.5. The molecule has 1 saturated carbocycles. The van der Waals surface area contributed by atoms with Crippen molar-refractivity contribution in [2.24, 2.45) is 11.1 Å². The van der Waals surface area contributed by atoms with Crippen LogP contribution >= 0.6 is 0 Å². The zero-order chi connectivity index (χ0) is 12.9. The Morgan fingerprint density at radius 2 is 2.06 bits per heavy atom. The minimum Gasteiger partial charge on any atom is -0.466 e. The predicted octanol–water partition coefficient (Wildman–Crippen LogP) is 1.86. The molecular formula is C13H25NO3. The van der Waals surface area contributed by atoms with Gasteiger partial charge in [-0.25, -0.2) is 0 Å². The third-order valence-electron chi connectivity index (χ3n) is 3.89. The lowest BCUT2D eigenvalue weighted by Crippen LogP contribution is -2.39. The van der Waals surface area contributed by atoms with Crippen LogP contribution in [-0.2, 0) is 14.3 Å². The Balaban J connectivity index is 2.22. The molecule has 100 valence electrons. The molecule has 0 amide bonds. The van der Waals surface area contributed by atoms with Crippen LogP contribution in [0.4, 0.5) is 0 Å². The summed E-state index contributed by atoms with van der Waals surface area (Å²) in [5.74, 6) is -0.123. The molecule has 0 unspecified atom stereocenters. The van der Waals surface area contributed by atoms with Crippen LogP contribution < -0.4 is 5.73 Å². The molecule has 1 aliphatic rings. The van der Waals surface area contributed by atoms with Crippen LogP contribution in [0.2, 0.25) is 0 Å². The Kier molecular flexibility index (Phi) is 4.95. The highest BCUT2D eigenvalue weighted by molar-refractivity contribution is 5.70. The van der Waals surface area contributed by atoms with Crippen LogP contribution in [0.3, 0.4) is 0 Å². The van der Waals surface area contributed by atoms with Gasteiger partial charge in [0, 0.05) is 13.5 Å². The third-order valence-corrected chi connectivity index (χ3v) is 3.89. The number of carbonyl (C=O) groups excluding carboxylic acids is 1. The summed E-state index contributed by atoms with van der Waals surface area (Å²) in [6, 6.07) is 0. The molecule has 4 nitrogen and oxygen atoms in total. The van der Waals surface area contributed by atoms with E-state index in [0.717, 1.165) is 12.8 Å². The second kappa shape index (κ2) is 5.83. The van der Waals surface area contributed by atoms with Crippen molar-refractivity contribution in [2.45, 2.75) is 51.6 Å². The lowest BCUT2D eigenvalue weighted by atomic mass is 9.67. The summed E-state index contributed by atoms with van der Waals surface area (Å²) < 4.78 is 10.5. The first kappa shape index (κ1) is 14.5. The van der Waals surface area contributed by atoms with Gasteiger partial charge in [0.25, 0.3) is 0 Å². The number of ether oxygens (including phenoxy) is 2. The van der Waals surface area contributed by atoms with Crippen molar-refractivity contribution in [3.8, 4) is 0 Å². The molecule has 4 heteroatoms. The molecule has 0 aromatic heterocycles. The number of carbonyl (C=O) groups is 1. The second-order valence-corrected chi connectivity index (χ2v) is 5.67. The molecular weight excluding hydrogens is 218 g/mol. The normalized spacial score (nSPS) is 18.6. The Labute approximate surface area is 104 Å². The van der Waals surface area contributed by atoms with Crippen LogP contribution in [0.1, 0.15) is 46.0 Å². The Morgan fingerprint density at radius 3 is 2.47 bits per heavy atom. The molecule has 0 bridgehead atoms. The summed E-state index contributed by atoms with van der Waals surface area (Å²) in [6.45, 7) is 4.97. The molecule has 17 heavy (non-hydrogen) atoms. The quantitative estimate of drug-likeness (QED) is 0.693. The standard InChI is InChI=1S/C13H25NO3/c1-12(2,16-3)7-8-17-11(15)9-13(10-14)5-4-6-13/h4-10,14H2,1-3H3. The topological polar surface area (TPSA) is 61.5 Å². The number of rotatable bonds is 7. The molecule has 1 aliphatic carbocycles. The number of nitrogens with two attached hydrogens (primary N) is 1. The summed E-state index contributed by atoms with van der Waals surface area (Å²) in [6.07, 6.45) is 4.48. The van der Waals surface area contributed by atoms with E-state index in [1.165, 1.54) is 6.42 Å². The van der Waals surface area contributed by atoms with Gasteiger partial charge in [-0.2, -0.15) is 0 Å². The van der Waals surface area contributed by atoms with Crippen molar-refractivity contribution < 1.29 is 14.3 Å². The predicted molar refractivity (Wildman–Crippen MR) is 66.6 cm³/mol. The van der Waals surface area contributed by atoms with Gasteiger partial charge >= 0.3 is 5.97 Å². The Bertz CT molecular complexity index is 254. The number of methoxy groups -OCH3 is 1. The molecule has 0 atom stereocenters. The molecule has 0 aromatic rings. The van der Waals surface area contributed by atoms with Gasteiger partial charge in [0.1, 0.15) is 0 Å². The van der Waals surface area contributed by atoms with Crippen molar-refractivity contribution in [3.63, 3.8) is 0 Å². The maximum Gasteiger partial charge on any atom is 0.306 e. The van der Waals surface area contributed by atoms with Crippen molar-refractivity contribution in [2.75, 3.05) is 20.3 Å². The van der Waals surface area contributed by atoms with E-state index >= 15 is 0 Å². The van der Waals surface area contributed by atoms with Crippen LogP contribution in [0.5, 0.6) is 0 Å². The van der Waals surface area contributed by atoms with Gasteiger partial charge in [0.2, 0.25) is 0 Å². The summed E-state index contributed by atoms with van der Waals surface area (Å²) in [4.78, 5) is 11.7. The van der Waals surface area contributed by atoms with E-state index in [1.54, 1.807) is 7.11 Å². The van der Waals surface area contributed by atoms with Gasteiger partial charge < -0.3 is 15.2 Å². The number of hydrogen-bond donors (Lipinski definition) is 1. The van der Waals surface area contributed by atoms with Crippen molar-refractivity contribution in [1.82, 2.24) is 0 Å². The maximum atomic E-state index is 11.7. The SMILES string of the molecule is COC(C)(C)CCOC(=O)CC1(CN)CCC1. The number of esters is 1. The van der Waals surface area contributed by atoms with Gasteiger partial charge in [-0.15, -0.1) is 0 Å². The Hall–Kier alpha value is -0.610. The first-order valence-corrected chi connectivity index (χ1v) is 6.34. The highest BCUT2D eigenvalue weighted by Crippen LogP contribution is 2.43. The Morgan fingerprint density at radius 1 is 1.41 bits per heavy atom. The zero-order valence-corrected chi connectivity index (χ0v) is 11.3. The molecule has 0 spiro atoms. The van der Waals surface area contributed by atoms with Gasteiger partial charge in [-0.3, -0.25) is 4.79 Å². The summed E-state index contributed by atoms with van der Waals surface area (Å²) in [5.41, 5.74) is 5.51. The minimum absolute atomic E-state index is 0.0356. The van der Waals surface area contributed by atoms with Crippen molar-refractivity contribution in [3.05, 3.63) is 0 Å². The third kappa shape index (κ3) is 4.28. The van der Waals surface area contributed by atoms with Gasteiger partial charge in [-0.1, -0.05) is 6.42 Å². The van der Waals surface area contributed by atoms with Gasteiger partial charge in [0.05, 0.1) is 18.6 Å². The molecule has 0 saturated heterocycles. The fourth-order valence-electron chi connectivity index (χ4n) is 2.00.